The van der Waals surface area contributed by atoms with E-state index in [9.17, 15) is 0 Å². The largest absolute Gasteiger partial charge is 0.336 e. The van der Waals surface area contributed by atoms with E-state index in [0.717, 1.165) is 58.1 Å². The highest BCUT2D eigenvalue weighted by molar-refractivity contribution is 5.94. The van der Waals surface area contributed by atoms with Crippen LogP contribution in [-0.4, -0.2) is 47.8 Å². The Morgan fingerprint density at radius 2 is 1.97 bits per heavy atom. The average molecular weight is 398 g/mol. The van der Waals surface area contributed by atoms with Gasteiger partial charge in [-0.1, -0.05) is 6.07 Å². The van der Waals surface area contributed by atoms with Crippen molar-refractivity contribution in [3.8, 4) is 17.3 Å². The first kappa shape index (κ1) is 17.3. The first-order valence-electron chi connectivity index (χ1n) is 10.3. The molecule has 8 heteroatoms. The molecule has 0 amide bonds. The number of imidazole rings is 2. The number of aromatic nitrogens is 7. The van der Waals surface area contributed by atoms with E-state index in [4.69, 9.17) is 4.98 Å². The molecular formula is C22H22N8. The third kappa shape index (κ3) is 2.80. The maximum absolute atomic E-state index is 4.87. The molecule has 6 rings (SSSR count). The van der Waals surface area contributed by atoms with Gasteiger partial charge in [-0.3, -0.25) is 9.67 Å². The number of pyridine rings is 1. The van der Waals surface area contributed by atoms with Gasteiger partial charge in [-0.2, -0.15) is 5.10 Å². The number of fused-ring (bicyclic) bond motifs is 2. The van der Waals surface area contributed by atoms with Crippen LogP contribution in [0.25, 0.3) is 39.3 Å². The van der Waals surface area contributed by atoms with Crippen LogP contribution in [0.3, 0.4) is 0 Å². The standard InChI is InChI=1S/C22H22N8/c1-13-11-30(12-25-13)22-20-18(6-9-24-22)26-21(27-20)19-16-10-15(2-3-17(16)28-29-19)14-4-7-23-8-5-14/h2-3,6,9-12,14,23H,4-5,7-8H2,1H3,(H,26,27)(H,28,29). The first-order valence-corrected chi connectivity index (χ1v) is 10.3. The fraction of sp³-hybridized carbons (Fsp3) is 0.273. The number of piperidine rings is 1. The number of H-pyrrole nitrogens is 2. The number of aryl methyl sites for hydroxylation is 1. The Balaban J connectivity index is 1.47. The Morgan fingerprint density at radius 1 is 1.07 bits per heavy atom. The topological polar surface area (TPSA) is 100 Å². The molecule has 0 radical (unpaired) electrons. The van der Waals surface area contributed by atoms with Gasteiger partial charge in [0.15, 0.2) is 11.6 Å². The molecule has 30 heavy (non-hydrogen) atoms. The molecule has 0 atom stereocenters. The van der Waals surface area contributed by atoms with E-state index in [-0.39, 0.29) is 0 Å². The molecule has 1 fully saturated rings. The third-order valence-corrected chi connectivity index (χ3v) is 5.96. The van der Waals surface area contributed by atoms with Gasteiger partial charge in [0.25, 0.3) is 0 Å². The lowest BCUT2D eigenvalue weighted by Gasteiger charge is -2.23. The van der Waals surface area contributed by atoms with Crippen LogP contribution in [0.4, 0.5) is 0 Å². The second-order valence-electron chi connectivity index (χ2n) is 7.94. The second kappa shape index (κ2) is 6.77. The minimum atomic E-state index is 0.592. The summed E-state index contributed by atoms with van der Waals surface area (Å²) in [6.45, 7) is 4.12. The molecule has 150 valence electrons. The highest BCUT2D eigenvalue weighted by atomic mass is 15.2. The van der Waals surface area contributed by atoms with Crippen molar-refractivity contribution in [3.63, 3.8) is 0 Å². The normalized spacial score (nSPS) is 15.4. The summed E-state index contributed by atoms with van der Waals surface area (Å²) in [7, 11) is 0. The van der Waals surface area contributed by atoms with Crippen molar-refractivity contribution in [2.45, 2.75) is 25.7 Å². The number of nitrogens with one attached hydrogen (secondary N) is 3. The zero-order chi connectivity index (χ0) is 20.1. The lowest BCUT2D eigenvalue weighted by atomic mass is 9.89. The van der Waals surface area contributed by atoms with Crippen LogP contribution in [0.1, 0.15) is 30.0 Å². The zero-order valence-electron chi connectivity index (χ0n) is 16.7. The molecule has 3 N–H and O–H groups in total. The van der Waals surface area contributed by atoms with Gasteiger partial charge in [0.1, 0.15) is 17.5 Å². The smallest absolute Gasteiger partial charge is 0.166 e. The molecular weight excluding hydrogens is 376 g/mol. The molecule has 1 aromatic carbocycles. The molecule has 0 aliphatic carbocycles. The van der Waals surface area contributed by atoms with Crippen LogP contribution in [0, 0.1) is 6.92 Å². The van der Waals surface area contributed by atoms with Gasteiger partial charge in [0.05, 0.1) is 16.7 Å². The molecule has 5 aromatic rings. The van der Waals surface area contributed by atoms with Crippen molar-refractivity contribution in [1.82, 2.24) is 40.0 Å². The maximum atomic E-state index is 4.87. The predicted octanol–water partition coefficient (Wildman–Crippen LogP) is 3.46. The van der Waals surface area contributed by atoms with Gasteiger partial charge in [-0.25, -0.2) is 15.0 Å². The highest BCUT2D eigenvalue weighted by Gasteiger charge is 2.19. The summed E-state index contributed by atoms with van der Waals surface area (Å²) < 4.78 is 1.90. The van der Waals surface area contributed by atoms with Crippen LogP contribution in [0.5, 0.6) is 0 Å². The number of nitrogens with zero attached hydrogens (tertiary/aromatic N) is 5. The van der Waals surface area contributed by atoms with E-state index in [1.807, 2.05) is 23.8 Å². The Bertz CT molecular complexity index is 1350. The summed E-state index contributed by atoms with van der Waals surface area (Å²) >= 11 is 0. The molecule has 0 saturated carbocycles. The first-order chi connectivity index (χ1) is 14.8. The van der Waals surface area contributed by atoms with E-state index in [1.165, 1.54) is 18.4 Å². The SMILES string of the molecule is Cc1cn(-c2nccc3[nH]c(-c4n[nH]c5ccc(C6CCNCC6)cc45)nc23)cn1. The summed E-state index contributed by atoms with van der Waals surface area (Å²) in [4.78, 5) is 17.1. The summed E-state index contributed by atoms with van der Waals surface area (Å²) in [5, 5.41) is 12.3. The number of benzene rings is 1. The Labute approximate surface area is 172 Å². The van der Waals surface area contributed by atoms with Crippen molar-refractivity contribution in [3.05, 3.63) is 54.2 Å². The van der Waals surface area contributed by atoms with Crippen molar-refractivity contribution in [2.75, 3.05) is 13.1 Å². The molecule has 5 heterocycles. The zero-order valence-corrected chi connectivity index (χ0v) is 16.7. The lowest BCUT2D eigenvalue weighted by Crippen LogP contribution is -2.26. The van der Waals surface area contributed by atoms with Crippen LogP contribution in [0.15, 0.2) is 43.0 Å². The molecule has 4 aromatic heterocycles. The van der Waals surface area contributed by atoms with Gasteiger partial charge in [-0.05, 0) is 62.5 Å². The van der Waals surface area contributed by atoms with Gasteiger partial charge in [0.2, 0.25) is 0 Å². The van der Waals surface area contributed by atoms with Crippen LogP contribution >= 0.6 is 0 Å². The van der Waals surface area contributed by atoms with Crippen molar-refractivity contribution in [1.29, 1.82) is 0 Å². The fourth-order valence-electron chi connectivity index (χ4n) is 4.38. The van der Waals surface area contributed by atoms with E-state index >= 15 is 0 Å². The third-order valence-electron chi connectivity index (χ3n) is 5.96. The van der Waals surface area contributed by atoms with Crippen molar-refractivity contribution in [2.24, 2.45) is 0 Å². The van der Waals surface area contributed by atoms with E-state index in [2.05, 4.69) is 48.7 Å². The summed E-state index contributed by atoms with van der Waals surface area (Å²) in [5.74, 6) is 2.09. The predicted molar refractivity (Wildman–Crippen MR) is 116 cm³/mol. The molecule has 8 nitrogen and oxygen atoms in total. The van der Waals surface area contributed by atoms with Crippen molar-refractivity contribution >= 4 is 21.9 Å². The van der Waals surface area contributed by atoms with Gasteiger partial charge in [-0.15, -0.1) is 0 Å². The Morgan fingerprint density at radius 3 is 2.80 bits per heavy atom. The molecule has 1 aliphatic heterocycles. The number of hydrogen-bond acceptors (Lipinski definition) is 5. The molecule has 0 unspecified atom stereocenters. The number of hydrogen-bond donors (Lipinski definition) is 3. The van der Waals surface area contributed by atoms with Gasteiger partial charge < -0.3 is 10.3 Å². The molecule has 0 spiro atoms. The average Bonchev–Trinajstić information content (AvgIpc) is 3.51. The van der Waals surface area contributed by atoms with E-state index < -0.39 is 0 Å². The molecule has 0 bridgehead atoms. The lowest BCUT2D eigenvalue weighted by molar-refractivity contribution is 0.460. The summed E-state index contributed by atoms with van der Waals surface area (Å²) in [6.07, 6.45) is 7.84. The van der Waals surface area contributed by atoms with Crippen LogP contribution < -0.4 is 5.32 Å². The highest BCUT2D eigenvalue weighted by Crippen LogP contribution is 2.32. The minimum absolute atomic E-state index is 0.592. The van der Waals surface area contributed by atoms with Crippen LogP contribution in [0.2, 0.25) is 0 Å². The molecule has 1 aliphatic rings. The second-order valence-corrected chi connectivity index (χ2v) is 7.94. The summed E-state index contributed by atoms with van der Waals surface area (Å²) in [6, 6.07) is 8.57. The minimum Gasteiger partial charge on any atom is -0.336 e. The number of rotatable bonds is 3. The Kier molecular flexibility index (Phi) is 3.92. The van der Waals surface area contributed by atoms with Crippen molar-refractivity contribution < 1.29 is 0 Å². The van der Waals surface area contributed by atoms with E-state index in [1.54, 1.807) is 12.5 Å². The van der Waals surface area contributed by atoms with Gasteiger partial charge in [0, 0.05) is 17.8 Å². The maximum Gasteiger partial charge on any atom is 0.166 e. The molecule has 1 saturated heterocycles. The fourth-order valence-corrected chi connectivity index (χ4v) is 4.38. The van der Waals surface area contributed by atoms with Crippen LogP contribution in [-0.2, 0) is 0 Å². The summed E-state index contributed by atoms with van der Waals surface area (Å²) in [5.41, 5.74) is 5.89. The Hall–Kier alpha value is -3.52. The monoisotopic (exact) mass is 398 g/mol. The quantitative estimate of drug-likeness (QED) is 0.432. The van der Waals surface area contributed by atoms with Gasteiger partial charge >= 0.3 is 0 Å². The number of aromatic amines is 2. The van der Waals surface area contributed by atoms with E-state index in [0.29, 0.717) is 5.92 Å².